The fourth-order valence-corrected chi connectivity index (χ4v) is 3.97. The molecule has 0 radical (unpaired) electrons. The van der Waals surface area contributed by atoms with E-state index in [1.165, 1.54) is 17.3 Å². The number of allylic oxidation sites excluding steroid dienone is 1. The molecule has 0 saturated carbocycles. The normalized spacial score (nSPS) is 11.9. The predicted molar refractivity (Wildman–Crippen MR) is 118 cm³/mol. The smallest absolute Gasteiger partial charge is 0.192 e. The lowest BCUT2D eigenvalue weighted by Gasteiger charge is -2.13. The van der Waals surface area contributed by atoms with Crippen LogP contribution in [0.15, 0.2) is 60.3 Å². The van der Waals surface area contributed by atoms with Gasteiger partial charge in [0.2, 0.25) is 0 Å². The monoisotopic (exact) mass is 407 g/mol. The van der Waals surface area contributed by atoms with E-state index in [1.54, 1.807) is 13.2 Å². The number of ether oxygens (including phenoxy) is 1. The van der Waals surface area contributed by atoms with E-state index in [-0.39, 0.29) is 11.0 Å². The minimum Gasteiger partial charge on any atom is -0.496 e. The summed E-state index contributed by atoms with van der Waals surface area (Å²) in [6.07, 6.45) is 1.79. The number of carbonyl (C=O) groups is 1. The van der Waals surface area contributed by atoms with Crippen molar-refractivity contribution < 1.29 is 9.53 Å². The summed E-state index contributed by atoms with van der Waals surface area (Å²) in [5.74, 6) is 1.49. The van der Waals surface area contributed by atoms with Gasteiger partial charge in [-0.15, -0.1) is 16.8 Å². The van der Waals surface area contributed by atoms with Crippen LogP contribution < -0.4 is 4.74 Å². The number of ketones is 1. The molecule has 1 unspecified atom stereocenters. The summed E-state index contributed by atoms with van der Waals surface area (Å²) in [4.78, 5) is 12.9. The Balaban J connectivity index is 1.90. The molecular weight excluding hydrogens is 382 g/mol. The Morgan fingerprint density at radius 3 is 2.66 bits per heavy atom. The highest BCUT2D eigenvalue weighted by molar-refractivity contribution is 8.00. The molecule has 29 heavy (non-hydrogen) atoms. The molecule has 0 saturated heterocycles. The molecule has 0 aliphatic rings. The number of carbonyl (C=O) groups excluding carboxylic acids is 1. The Bertz CT molecular complexity index is 1040. The molecule has 2 aromatic carbocycles. The lowest BCUT2D eigenvalue weighted by molar-refractivity contribution is 0.0993. The number of nitrogens with zero attached hydrogens (tertiary/aromatic N) is 3. The van der Waals surface area contributed by atoms with E-state index >= 15 is 0 Å². The van der Waals surface area contributed by atoms with E-state index in [9.17, 15) is 4.79 Å². The molecule has 1 heterocycles. The molecule has 3 rings (SSSR count). The summed E-state index contributed by atoms with van der Waals surface area (Å²) in [6, 6.07) is 13.5. The van der Waals surface area contributed by atoms with Crippen molar-refractivity contribution in [3.63, 3.8) is 0 Å². The van der Waals surface area contributed by atoms with Crippen LogP contribution in [0.2, 0.25) is 0 Å². The maximum absolute atomic E-state index is 12.9. The maximum atomic E-state index is 12.9. The van der Waals surface area contributed by atoms with E-state index in [4.69, 9.17) is 4.74 Å². The van der Waals surface area contributed by atoms with Crippen LogP contribution in [0.25, 0.3) is 11.4 Å². The Morgan fingerprint density at radius 1 is 1.21 bits per heavy atom. The average molecular weight is 408 g/mol. The van der Waals surface area contributed by atoms with Crippen LogP contribution in [0.5, 0.6) is 5.75 Å². The Hall–Kier alpha value is -2.86. The molecule has 0 bridgehead atoms. The zero-order valence-corrected chi connectivity index (χ0v) is 18.0. The summed E-state index contributed by atoms with van der Waals surface area (Å²) in [6.45, 7) is 10.3. The van der Waals surface area contributed by atoms with Gasteiger partial charge in [0, 0.05) is 12.1 Å². The Morgan fingerprint density at radius 2 is 1.97 bits per heavy atom. The van der Waals surface area contributed by atoms with Crippen LogP contribution in [-0.4, -0.2) is 32.9 Å². The second-order valence-corrected chi connectivity index (χ2v) is 8.14. The third-order valence-corrected chi connectivity index (χ3v) is 5.90. The van der Waals surface area contributed by atoms with Crippen molar-refractivity contribution >= 4 is 17.5 Å². The van der Waals surface area contributed by atoms with E-state index in [0.717, 1.165) is 16.9 Å². The molecule has 0 spiro atoms. The minimum atomic E-state index is -0.296. The van der Waals surface area contributed by atoms with Crippen molar-refractivity contribution in [2.75, 3.05) is 7.11 Å². The Kier molecular flexibility index (Phi) is 6.54. The molecule has 0 aliphatic carbocycles. The van der Waals surface area contributed by atoms with Gasteiger partial charge in [-0.3, -0.25) is 9.36 Å². The average Bonchev–Trinajstić information content (AvgIpc) is 3.11. The molecule has 0 aliphatic heterocycles. The highest BCUT2D eigenvalue weighted by Gasteiger charge is 2.22. The SMILES string of the molecule is C=CCn1c(SC(C)C(=O)c2ccc(C)c(C)c2)nnc1-c1ccccc1OC. The number of hydrogen-bond donors (Lipinski definition) is 0. The molecule has 6 heteroatoms. The number of benzene rings is 2. The van der Waals surface area contributed by atoms with Crippen molar-refractivity contribution in [3.8, 4) is 17.1 Å². The number of rotatable bonds is 8. The summed E-state index contributed by atoms with van der Waals surface area (Å²) in [5, 5.41) is 9.11. The molecule has 0 N–H and O–H groups in total. The van der Waals surface area contributed by atoms with Gasteiger partial charge >= 0.3 is 0 Å². The second kappa shape index (κ2) is 9.09. The van der Waals surface area contributed by atoms with E-state index < -0.39 is 0 Å². The van der Waals surface area contributed by atoms with Gasteiger partial charge in [-0.25, -0.2) is 0 Å². The van der Waals surface area contributed by atoms with Crippen molar-refractivity contribution in [2.24, 2.45) is 0 Å². The molecule has 150 valence electrons. The molecule has 1 aromatic heterocycles. The van der Waals surface area contributed by atoms with Crippen LogP contribution in [0.4, 0.5) is 0 Å². The van der Waals surface area contributed by atoms with Gasteiger partial charge in [-0.2, -0.15) is 0 Å². The number of methoxy groups -OCH3 is 1. The molecule has 0 amide bonds. The number of para-hydroxylation sites is 1. The molecular formula is C23H25N3O2S. The van der Waals surface area contributed by atoms with E-state index in [0.29, 0.717) is 23.1 Å². The van der Waals surface area contributed by atoms with Crippen molar-refractivity contribution in [1.29, 1.82) is 0 Å². The second-order valence-electron chi connectivity index (χ2n) is 6.83. The highest BCUT2D eigenvalue weighted by Crippen LogP contribution is 2.32. The first-order valence-corrected chi connectivity index (χ1v) is 10.3. The zero-order chi connectivity index (χ0) is 21.0. The van der Waals surface area contributed by atoms with Crippen molar-refractivity contribution in [2.45, 2.75) is 37.7 Å². The van der Waals surface area contributed by atoms with Gasteiger partial charge in [0.05, 0.1) is 17.9 Å². The lowest BCUT2D eigenvalue weighted by atomic mass is 10.0. The first-order valence-electron chi connectivity index (χ1n) is 9.41. The standard InChI is InChI=1S/C23H25N3O2S/c1-6-13-26-22(19-9-7-8-10-20(19)28-5)24-25-23(26)29-17(4)21(27)18-12-11-15(2)16(3)14-18/h6-12,14,17H,1,13H2,2-5H3. The largest absolute Gasteiger partial charge is 0.496 e. The van der Waals surface area contributed by atoms with E-state index in [1.807, 2.05) is 67.8 Å². The topological polar surface area (TPSA) is 57.0 Å². The van der Waals surface area contributed by atoms with Gasteiger partial charge in [-0.1, -0.05) is 42.1 Å². The molecule has 0 fully saturated rings. The van der Waals surface area contributed by atoms with Crippen molar-refractivity contribution in [3.05, 3.63) is 71.8 Å². The summed E-state index contributed by atoms with van der Waals surface area (Å²) in [7, 11) is 1.63. The van der Waals surface area contributed by atoms with Crippen LogP contribution in [0.1, 0.15) is 28.4 Å². The summed E-state index contributed by atoms with van der Waals surface area (Å²) in [5.41, 5.74) is 3.85. The number of thioether (sulfide) groups is 1. The van der Waals surface area contributed by atoms with Gasteiger partial charge in [-0.05, 0) is 50.1 Å². The summed E-state index contributed by atoms with van der Waals surface area (Å²) < 4.78 is 7.43. The van der Waals surface area contributed by atoms with Crippen LogP contribution in [-0.2, 0) is 6.54 Å². The van der Waals surface area contributed by atoms with Gasteiger partial charge in [0.1, 0.15) is 5.75 Å². The summed E-state index contributed by atoms with van der Waals surface area (Å²) >= 11 is 1.40. The van der Waals surface area contributed by atoms with E-state index in [2.05, 4.69) is 16.8 Å². The van der Waals surface area contributed by atoms with Crippen LogP contribution >= 0.6 is 11.8 Å². The Labute approximate surface area is 175 Å². The first-order chi connectivity index (χ1) is 14.0. The number of aromatic nitrogens is 3. The fraction of sp³-hybridized carbons (Fsp3) is 0.261. The molecule has 1 atom stereocenters. The van der Waals surface area contributed by atoms with Crippen LogP contribution in [0.3, 0.4) is 0 Å². The van der Waals surface area contributed by atoms with Gasteiger partial charge in [0.15, 0.2) is 16.8 Å². The third-order valence-electron chi connectivity index (χ3n) is 4.82. The molecule has 5 nitrogen and oxygen atoms in total. The number of Topliss-reactive ketones (excluding diaryl/α,β-unsaturated/α-hetero) is 1. The fourth-order valence-electron chi connectivity index (χ4n) is 3.04. The highest BCUT2D eigenvalue weighted by atomic mass is 32.2. The zero-order valence-electron chi connectivity index (χ0n) is 17.2. The molecule has 3 aromatic rings. The van der Waals surface area contributed by atoms with Gasteiger partial charge in [0.25, 0.3) is 0 Å². The quantitative estimate of drug-likeness (QED) is 0.295. The number of aryl methyl sites for hydroxylation is 2. The van der Waals surface area contributed by atoms with Gasteiger partial charge < -0.3 is 4.74 Å². The minimum absolute atomic E-state index is 0.0742. The van der Waals surface area contributed by atoms with Crippen molar-refractivity contribution in [1.82, 2.24) is 14.8 Å². The number of hydrogen-bond acceptors (Lipinski definition) is 5. The third kappa shape index (κ3) is 4.43. The maximum Gasteiger partial charge on any atom is 0.192 e. The lowest BCUT2D eigenvalue weighted by Crippen LogP contribution is -2.15. The first kappa shape index (κ1) is 20.9. The van der Waals surface area contributed by atoms with Crippen LogP contribution in [0, 0.1) is 13.8 Å². The predicted octanol–water partition coefficient (Wildman–Crippen LogP) is 5.12.